The van der Waals surface area contributed by atoms with E-state index < -0.39 is 0 Å². The molecular weight excluding hydrogens is 234 g/mol. The monoisotopic (exact) mass is 249 g/mol. The molecule has 0 atom stereocenters. The number of halogens is 1. The first kappa shape index (κ1) is 11.0. The fraction of sp³-hybridized carbons (Fsp3) is 0.538. The van der Waals surface area contributed by atoms with E-state index in [1.54, 1.807) is 0 Å². The molecule has 3 rings (SSSR count). The van der Waals surface area contributed by atoms with E-state index in [2.05, 4.69) is 14.5 Å². The van der Waals surface area contributed by atoms with Crippen LogP contribution in [0.25, 0.3) is 11.2 Å². The maximum Gasteiger partial charge on any atom is 0.160 e. The van der Waals surface area contributed by atoms with Gasteiger partial charge in [-0.2, -0.15) is 0 Å². The highest BCUT2D eigenvalue weighted by Crippen LogP contribution is 2.33. The molecule has 0 bridgehead atoms. The van der Waals surface area contributed by atoms with Crippen molar-refractivity contribution in [2.45, 2.75) is 38.6 Å². The molecule has 0 saturated heterocycles. The van der Waals surface area contributed by atoms with Crippen molar-refractivity contribution < 1.29 is 0 Å². The molecule has 1 aliphatic carbocycles. The Balaban J connectivity index is 2.00. The lowest BCUT2D eigenvalue weighted by Gasteiger charge is -2.06. The third-order valence-electron chi connectivity index (χ3n) is 3.39. The zero-order valence-electron chi connectivity index (χ0n) is 9.99. The van der Waals surface area contributed by atoms with Gasteiger partial charge in [-0.25, -0.2) is 9.97 Å². The Morgan fingerprint density at radius 2 is 2.18 bits per heavy atom. The molecule has 1 saturated carbocycles. The molecule has 0 aromatic carbocycles. The maximum atomic E-state index is 5.96. The van der Waals surface area contributed by atoms with Gasteiger partial charge >= 0.3 is 0 Å². The van der Waals surface area contributed by atoms with Crippen molar-refractivity contribution in [2.24, 2.45) is 5.92 Å². The number of fused-ring (bicyclic) bond motifs is 1. The van der Waals surface area contributed by atoms with Crippen LogP contribution in [0.15, 0.2) is 12.1 Å². The number of nitrogens with zero attached hydrogens (tertiary/aromatic N) is 3. The van der Waals surface area contributed by atoms with Crippen molar-refractivity contribution in [1.82, 2.24) is 14.5 Å². The van der Waals surface area contributed by atoms with Crippen LogP contribution in [0.2, 0.25) is 0 Å². The minimum atomic E-state index is 0.458. The van der Waals surface area contributed by atoms with Gasteiger partial charge in [0, 0.05) is 12.2 Å². The number of aryl methyl sites for hydroxylation is 2. The Bertz CT molecular complexity index is 543. The summed E-state index contributed by atoms with van der Waals surface area (Å²) in [5.74, 6) is 2.32. The largest absolute Gasteiger partial charge is 0.312 e. The van der Waals surface area contributed by atoms with E-state index in [0.29, 0.717) is 5.88 Å². The molecule has 17 heavy (non-hydrogen) atoms. The SMILES string of the molecule is Cc1ccc2nc(CCl)n(CCC3CC3)c2n1. The minimum absolute atomic E-state index is 0.458. The molecule has 0 spiro atoms. The summed E-state index contributed by atoms with van der Waals surface area (Å²) in [6.45, 7) is 3.01. The van der Waals surface area contributed by atoms with Crippen molar-refractivity contribution in [3.05, 3.63) is 23.7 Å². The van der Waals surface area contributed by atoms with Gasteiger partial charge < -0.3 is 4.57 Å². The van der Waals surface area contributed by atoms with Crippen LogP contribution in [0.3, 0.4) is 0 Å². The van der Waals surface area contributed by atoms with Crippen molar-refractivity contribution in [3.63, 3.8) is 0 Å². The first-order valence-corrected chi connectivity index (χ1v) is 6.70. The van der Waals surface area contributed by atoms with Crippen LogP contribution in [0.5, 0.6) is 0 Å². The van der Waals surface area contributed by atoms with Crippen LogP contribution in [-0.2, 0) is 12.4 Å². The van der Waals surface area contributed by atoms with E-state index >= 15 is 0 Å². The summed E-state index contributed by atoms with van der Waals surface area (Å²) in [7, 11) is 0. The van der Waals surface area contributed by atoms with Gasteiger partial charge in [0.1, 0.15) is 11.3 Å². The molecule has 2 aromatic heterocycles. The average Bonchev–Trinajstić information content (AvgIpc) is 3.08. The molecule has 3 nitrogen and oxygen atoms in total. The molecule has 1 aliphatic rings. The number of imidazole rings is 1. The van der Waals surface area contributed by atoms with Crippen LogP contribution in [0, 0.1) is 12.8 Å². The number of hydrogen-bond acceptors (Lipinski definition) is 2. The molecule has 2 aromatic rings. The summed E-state index contributed by atoms with van der Waals surface area (Å²) >= 11 is 5.96. The van der Waals surface area contributed by atoms with E-state index in [1.807, 2.05) is 19.1 Å². The van der Waals surface area contributed by atoms with Gasteiger partial charge in [-0.15, -0.1) is 11.6 Å². The summed E-state index contributed by atoms with van der Waals surface area (Å²) in [6, 6.07) is 4.03. The zero-order valence-corrected chi connectivity index (χ0v) is 10.7. The van der Waals surface area contributed by atoms with Crippen molar-refractivity contribution in [2.75, 3.05) is 0 Å². The lowest BCUT2D eigenvalue weighted by atomic mass is 10.3. The number of hydrogen-bond donors (Lipinski definition) is 0. The second-order valence-corrected chi connectivity index (χ2v) is 5.11. The number of aromatic nitrogens is 3. The van der Waals surface area contributed by atoms with Gasteiger partial charge in [0.2, 0.25) is 0 Å². The summed E-state index contributed by atoms with van der Waals surface area (Å²) < 4.78 is 2.19. The van der Waals surface area contributed by atoms with Crippen LogP contribution < -0.4 is 0 Å². The molecule has 0 N–H and O–H groups in total. The predicted molar refractivity (Wildman–Crippen MR) is 69.2 cm³/mol. The lowest BCUT2D eigenvalue weighted by molar-refractivity contribution is 0.591. The number of rotatable bonds is 4. The predicted octanol–water partition coefficient (Wildman–Crippen LogP) is 3.28. The normalized spacial score (nSPS) is 15.6. The van der Waals surface area contributed by atoms with Crippen LogP contribution in [0.1, 0.15) is 30.8 Å². The van der Waals surface area contributed by atoms with E-state index in [0.717, 1.165) is 35.1 Å². The van der Waals surface area contributed by atoms with Crippen LogP contribution in [0.4, 0.5) is 0 Å². The molecular formula is C13H16ClN3. The Morgan fingerprint density at radius 3 is 2.88 bits per heavy atom. The zero-order chi connectivity index (χ0) is 11.8. The highest BCUT2D eigenvalue weighted by atomic mass is 35.5. The topological polar surface area (TPSA) is 30.7 Å². The Labute approximate surface area is 106 Å². The second kappa shape index (κ2) is 4.30. The second-order valence-electron chi connectivity index (χ2n) is 4.84. The molecule has 0 amide bonds. The molecule has 0 aliphatic heterocycles. The maximum absolute atomic E-state index is 5.96. The van der Waals surface area contributed by atoms with E-state index in [9.17, 15) is 0 Å². The average molecular weight is 250 g/mol. The van der Waals surface area contributed by atoms with Crippen LogP contribution >= 0.6 is 11.6 Å². The lowest BCUT2D eigenvalue weighted by Crippen LogP contribution is -2.04. The van der Waals surface area contributed by atoms with Gasteiger partial charge in [0.15, 0.2) is 5.65 Å². The van der Waals surface area contributed by atoms with Gasteiger partial charge in [-0.1, -0.05) is 12.8 Å². The van der Waals surface area contributed by atoms with E-state index in [4.69, 9.17) is 11.6 Å². The van der Waals surface area contributed by atoms with Gasteiger partial charge in [0.05, 0.1) is 5.88 Å². The molecule has 2 heterocycles. The highest BCUT2D eigenvalue weighted by Gasteiger charge is 2.22. The molecule has 1 fully saturated rings. The van der Waals surface area contributed by atoms with Gasteiger partial charge in [-0.05, 0) is 31.4 Å². The summed E-state index contributed by atoms with van der Waals surface area (Å²) in [4.78, 5) is 9.12. The fourth-order valence-electron chi connectivity index (χ4n) is 2.20. The van der Waals surface area contributed by atoms with Gasteiger partial charge in [0.25, 0.3) is 0 Å². The smallest absolute Gasteiger partial charge is 0.160 e. The first-order valence-electron chi connectivity index (χ1n) is 6.16. The quantitative estimate of drug-likeness (QED) is 0.779. The van der Waals surface area contributed by atoms with E-state index in [1.165, 1.54) is 19.3 Å². The third kappa shape index (κ3) is 2.16. The Morgan fingerprint density at radius 1 is 1.35 bits per heavy atom. The summed E-state index contributed by atoms with van der Waals surface area (Å²) in [6.07, 6.45) is 4.00. The molecule has 4 heteroatoms. The Kier molecular flexibility index (Phi) is 2.79. The van der Waals surface area contributed by atoms with Crippen molar-refractivity contribution in [1.29, 1.82) is 0 Å². The molecule has 0 radical (unpaired) electrons. The standard InChI is InChI=1S/C13H16ClN3/c1-9-2-5-11-13(15-9)17(12(8-14)16-11)7-6-10-3-4-10/h2,5,10H,3-4,6-8H2,1H3. The number of alkyl halides is 1. The fourth-order valence-corrected chi connectivity index (χ4v) is 2.40. The van der Waals surface area contributed by atoms with Crippen molar-refractivity contribution >= 4 is 22.8 Å². The van der Waals surface area contributed by atoms with Crippen LogP contribution in [-0.4, -0.2) is 14.5 Å². The first-order chi connectivity index (χ1) is 8.28. The molecule has 90 valence electrons. The minimum Gasteiger partial charge on any atom is -0.312 e. The summed E-state index contributed by atoms with van der Waals surface area (Å²) in [5, 5.41) is 0. The number of pyridine rings is 1. The third-order valence-corrected chi connectivity index (χ3v) is 3.63. The summed E-state index contributed by atoms with van der Waals surface area (Å²) in [5.41, 5.74) is 2.98. The van der Waals surface area contributed by atoms with Crippen molar-refractivity contribution in [3.8, 4) is 0 Å². The van der Waals surface area contributed by atoms with Gasteiger partial charge in [-0.3, -0.25) is 0 Å². The highest BCUT2D eigenvalue weighted by molar-refractivity contribution is 6.16. The Hall–Kier alpha value is -1.09. The van der Waals surface area contributed by atoms with E-state index in [-0.39, 0.29) is 0 Å². The molecule has 0 unspecified atom stereocenters.